The van der Waals surface area contributed by atoms with Crippen molar-refractivity contribution in [3.8, 4) is 0 Å². The number of carbonyl (C=O) groups is 1. The summed E-state index contributed by atoms with van der Waals surface area (Å²) in [6.07, 6.45) is 9.73. The first kappa shape index (κ1) is 21.3. The van der Waals surface area contributed by atoms with E-state index in [0.717, 1.165) is 38.0 Å². The normalized spacial score (nSPS) is 21.0. The van der Waals surface area contributed by atoms with Crippen LogP contribution in [0.25, 0.3) is 0 Å². The fraction of sp³-hybridized carbons (Fsp3) is 0.667. The second kappa shape index (κ2) is 9.85. The van der Waals surface area contributed by atoms with Crippen molar-refractivity contribution in [2.24, 2.45) is 0 Å². The molecule has 0 spiro atoms. The van der Waals surface area contributed by atoms with Gasteiger partial charge in [0.2, 0.25) is 10.0 Å². The Kier molecular flexibility index (Phi) is 7.48. The van der Waals surface area contributed by atoms with Crippen molar-refractivity contribution >= 4 is 15.9 Å². The minimum absolute atomic E-state index is 0.0268. The lowest BCUT2D eigenvalue weighted by atomic mass is 9.96. The number of sulfonamides is 1. The van der Waals surface area contributed by atoms with E-state index in [1.54, 1.807) is 0 Å². The van der Waals surface area contributed by atoms with E-state index < -0.39 is 10.0 Å². The van der Waals surface area contributed by atoms with Crippen LogP contribution < -0.4 is 5.32 Å². The Labute approximate surface area is 169 Å². The molecule has 1 heterocycles. The average molecular weight is 408 g/mol. The van der Waals surface area contributed by atoms with Crippen molar-refractivity contribution in [2.75, 3.05) is 32.4 Å². The SMILES string of the molecule is CS(=O)(=O)N1CCN(Cc2ccc(C(=O)NC3CCCCCCC3)cc2)CC1. The molecule has 0 unspecified atom stereocenters. The second-order valence-electron chi connectivity index (χ2n) is 8.15. The number of carbonyl (C=O) groups excluding carboxylic acids is 1. The topological polar surface area (TPSA) is 69.7 Å². The summed E-state index contributed by atoms with van der Waals surface area (Å²) in [5.74, 6) is 0.0268. The number of nitrogens with zero attached hydrogens (tertiary/aromatic N) is 2. The Bertz CT molecular complexity index is 733. The van der Waals surface area contributed by atoms with Crippen molar-refractivity contribution in [3.63, 3.8) is 0 Å². The number of nitrogens with one attached hydrogen (secondary N) is 1. The molecule has 6 nitrogen and oxygen atoms in total. The number of rotatable bonds is 5. The summed E-state index contributed by atoms with van der Waals surface area (Å²) in [4.78, 5) is 14.8. The number of hydrogen-bond acceptors (Lipinski definition) is 4. The fourth-order valence-electron chi connectivity index (χ4n) is 4.11. The van der Waals surface area contributed by atoms with Gasteiger partial charge in [0.1, 0.15) is 0 Å². The molecule has 2 fully saturated rings. The molecular weight excluding hydrogens is 374 g/mol. The van der Waals surface area contributed by atoms with Crippen LogP contribution in [0.3, 0.4) is 0 Å². The lowest BCUT2D eigenvalue weighted by Crippen LogP contribution is -2.47. The van der Waals surface area contributed by atoms with E-state index in [9.17, 15) is 13.2 Å². The molecule has 1 aromatic rings. The number of amides is 1. The molecular formula is C21H33N3O3S. The van der Waals surface area contributed by atoms with E-state index in [1.807, 2.05) is 24.3 Å². The minimum atomic E-state index is -3.09. The summed E-state index contributed by atoms with van der Waals surface area (Å²) in [5.41, 5.74) is 1.86. The van der Waals surface area contributed by atoms with Gasteiger partial charge in [0.15, 0.2) is 0 Å². The molecule has 0 aromatic heterocycles. The zero-order valence-electron chi connectivity index (χ0n) is 16.9. The molecule has 7 heteroatoms. The highest BCUT2D eigenvalue weighted by atomic mass is 32.2. The van der Waals surface area contributed by atoms with Crippen molar-refractivity contribution in [1.29, 1.82) is 0 Å². The summed E-state index contributed by atoms with van der Waals surface area (Å²) in [6.45, 7) is 3.33. The smallest absolute Gasteiger partial charge is 0.251 e. The zero-order valence-corrected chi connectivity index (χ0v) is 17.7. The van der Waals surface area contributed by atoms with Crippen molar-refractivity contribution in [3.05, 3.63) is 35.4 Å². The van der Waals surface area contributed by atoms with Gasteiger partial charge in [-0.05, 0) is 30.5 Å². The van der Waals surface area contributed by atoms with Crippen LogP contribution in [-0.4, -0.2) is 62.0 Å². The molecule has 3 rings (SSSR count). The lowest BCUT2D eigenvalue weighted by Gasteiger charge is -2.33. The maximum absolute atomic E-state index is 12.6. The highest BCUT2D eigenvalue weighted by Gasteiger charge is 2.23. The fourth-order valence-corrected chi connectivity index (χ4v) is 4.93. The molecule has 1 aliphatic heterocycles. The van der Waals surface area contributed by atoms with Crippen molar-refractivity contribution in [2.45, 2.75) is 57.5 Å². The monoisotopic (exact) mass is 407 g/mol. The first-order valence-corrected chi connectivity index (χ1v) is 12.3. The van der Waals surface area contributed by atoms with Gasteiger partial charge in [0.25, 0.3) is 5.91 Å². The summed E-state index contributed by atoms with van der Waals surface area (Å²) in [6, 6.07) is 8.13. The van der Waals surface area contributed by atoms with Crippen LogP contribution in [0.1, 0.15) is 60.9 Å². The van der Waals surface area contributed by atoms with Crippen LogP contribution in [0.15, 0.2) is 24.3 Å². The van der Waals surface area contributed by atoms with Crippen molar-refractivity contribution < 1.29 is 13.2 Å². The van der Waals surface area contributed by atoms with Crippen LogP contribution >= 0.6 is 0 Å². The van der Waals surface area contributed by atoms with Crippen LogP contribution in [0, 0.1) is 0 Å². The maximum atomic E-state index is 12.6. The summed E-state index contributed by atoms with van der Waals surface area (Å²) < 4.78 is 24.7. The van der Waals surface area contributed by atoms with Gasteiger partial charge >= 0.3 is 0 Å². The highest BCUT2D eigenvalue weighted by molar-refractivity contribution is 7.88. The van der Waals surface area contributed by atoms with Crippen LogP contribution in [0.2, 0.25) is 0 Å². The third kappa shape index (κ3) is 6.29. The van der Waals surface area contributed by atoms with E-state index in [0.29, 0.717) is 24.7 Å². The van der Waals surface area contributed by atoms with Crippen LogP contribution in [-0.2, 0) is 16.6 Å². The van der Waals surface area contributed by atoms with E-state index in [-0.39, 0.29) is 5.91 Å². The Hall–Kier alpha value is -1.44. The minimum Gasteiger partial charge on any atom is -0.349 e. The lowest BCUT2D eigenvalue weighted by molar-refractivity contribution is 0.0930. The highest BCUT2D eigenvalue weighted by Crippen LogP contribution is 2.18. The Morgan fingerprint density at radius 2 is 1.54 bits per heavy atom. The number of hydrogen-bond donors (Lipinski definition) is 1. The van der Waals surface area contributed by atoms with Gasteiger partial charge in [0.05, 0.1) is 6.26 Å². The molecule has 156 valence electrons. The van der Waals surface area contributed by atoms with Crippen LogP contribution in [0.5, 0.6) is 0 Å². The third-order valence-corrected chi connectivity index (χ3v) is 7.17. The maximum Gasteiger partial charge on any atom is 0.251 e. The Balaban J connectivity index is 1.48. The molecule has 0 bridgehead atoms. The van der Waals surface area contributed by atoms with Gasteiger partial charge < -0.3 is 5.32 Å². The van der Waals surface area contributed by atoms with E-state index >= 15 is 0 Å². The second-order valence-corrected chi connectivity index (χ2v) is 10.1. The predicted octanol–water partition coefficient (Wildman–Crippen LogP) is 2.61. The molecule has 1 N–H and O–H groups in total. The molecule has 1 aliphatic carbocycles. The van der Waals surface area contributed by atoms with Gasteiger partial charge in [-0.25, -0.2) is 8.42 Å². The summed E-state index contributed by atoms with van der Waals surface area (Å²) >= 11 is 0. The van der Waals surface area contributed by atoms with Gasteiger partial charge in [-0.3, -0.25) is 9.69 Å². The zero-order chi connectivity index (χ0) is 20.0. The molecule has 1 aromatic carbocycles. The van der Waals surface area contributed by atoms with Crippen molar-refractivity contribution in [1.82, 2.24) is 14.5 Å². The first-order valence-electron chi connectivity index (χ1n) is 10.5. The average Bonchev–Trinajstić information content (AvgIpc) is 2.64. The quantitative estimate of drug-likeness (QED) is 0.815. The molecule has 2 aliphatic rings. The van der Waals surface area contributed by atoms with Gasteiger partial charge in [-0.1, -0.05) is 44.2 Å². The Morgan fingerprint density at radius 1 is 0.964 bits per heavy atom. The molecule has 1 saturated carbocycles. The standard InChI is InChI=1S/C21H33N3O3S/c1-28(26,27)24-15-13-23(14-16-24)17-18-9-11-19(12-10-18)21(25)22-20-7-5-3-2-4-6-8-20/h9-12,20H,2-8,13-17H2,1H3,(H,22,25). The van der Waals surface area contributed by atoms with Gasteiger partial charge in [0, 0.05) is 44.3 Å². The third-order valence-electron chi connectivity index (χ3n) is 5.86. The predicted molar refractivity (Wildman–Crippen MR) is 112 cm³/mol. The molecule has 1 saturated heterocycles. The molecule has 0 atom stereocenters. The molecule has 28 heavy (non-hydrogen) atoms. The Morgan fingerprint density at radius 3 is 2.11 bits per heavy atom. The number of piperazine rings is 1. The first-order chi connectivity index (χ1) is 13.4. The van der Waals surface area contributed by atoms with E-state index in [1.165, 1.54) is 42.7 Å². The summed E-state index contributed by atoms with van der Waals surface area (Å²) in [5, 5.41) is 3.21. The van der Waals surface area contributed by atoms with E-state index in [4.69, 9.17) is 0 Å². The molecule has 0 radical (unpaired) electrons. The van der Waals surface area contributed by atoms with Gasteiger partial charge in [-0.2, -0.15) is 4.31 Å². The van der Waals surface area contributed by atoms with Crippen LogP contribution in [0.4, 0.5) is 0 Å². The number of benzene rings is 1. The van der Waals surface area contributed by atoms with Gasteiger partial charge in [-0.15, -0.1) is 0 Å². The molecule has 1 amide bonds. The largest absolute Gasteiger partial charge is 0.349 e. The summed E-state index contributed by atoms with van der Waals surface area (Å²) in [7, 11) is -3.09. The van der Waals surface area contributed by atoms with E-state index in [2.05, 4.69) is 10.2 Å².